The quantitative estimate of drug-likeness (QED) is 0.606. The fraction of sp³-hybridized carbons (Fsp3) is 0.870. The molecule has 4 heteroatoms. The van der Waals surface area contributed by atoms with Crippen molar-refractivity contribution in [3.63, 3.8) is 0 Å². The number of ether oxygens (including phenoxy) is 1. The van der Waals surface area contributed by atoms with Crippen LogP contribution in [-0.4, -0.2) is 48.8 Å². The maximum absolute atomic E-state index is 12.2. The van der Waals surface area contributed by atoms with E-state index in [1.807, 2.05) is 0 Å². The lowest BCUT2D eigenvalue weighted by atomic mass is 9.42. The smallest absolute Gasteiger partial charge is 0.305 e. The van der Waals surface area contributed by atoms with Crippen molar-refractivity contribution in [3.05, 3.63) is 11.6 Å². The summed E-state index contributed by atoms with van der Waals surface area (Å²) < 4.78 is 5.06. The maximum Gasteiger partial charge on any atom is 0.305 e. The van der Waals surface area contributed by atoms with E-state index >= 15 is 0 Å². The highest BCUT2D eigenvalue weighted by Crippen LogP contribution is 2.72. The molecule has 2 saturated carbocycles. The van der Waals surface area contributed by atoms with Gasteiger partial charge >= 0.3 is 5.97 Å². The molecule has 0 unspecified atom stereocenters. The van der Waals surface area contributed by atoms with E-state index in [9.17, 15) is 9.90 Å². The minimum absolute atomic E-state index is 0.0236. The van der Waals surface area contributed by atoms with Gasteiger partial charge in [-0.3, -0.25) is 9.69 Å². The molecule has 2 heterocycles. The van der Waals surface area contributed by atoms with Crippen LogP contribution in [0.1, 0.15) is 58.3 Å². The Morgan fingerprint density at radius 2 is 2.15 bits per heavy atom. The van der Waals surface area contributed by atoms with Crippen LogP contribution in [0.2, 0.25) is 0 Å². The summed E-state index contributed by atoms with van der Waals surface area (Å²) >= 11 is 0. The fourth-order valence-electron chi connectivity index (χ4n) is 8.60. The second-order valence-corrected chi connectivity index (χ2v) is 10.1. The Bertz CT molecular complexity index is 660. The monoisotopic (exact) mass is 373 g/mol. The standard InChI is InChI=1S/C23H35NO3/c1-15-12-24-13-17-7-6-16-4-3-5-19(16)23(11-9-20(26)27-2)21(24)18(15)8-10-22(17,23)14-25/h5,15-18,21,25H,3-4,6-14H2,1-2H3/t15-,16-,17-,18-,21+,22-,23+/m1/s1. The highest BCUT2D eigenvalue weighted by atomic mass is 16.5. The zero-order valence-electron chi connectivity index (χ0n) is 17.0. The van der Waals surface area contributed by atoms with Crippen molar-refractivity contribution in [1.82, 2.24) is 4.90 Å². The number of nitrogens with zero attached hydrogens (tertiary/aromatic N) is 1. The van der Waals surface area contributed by atoms with Gasteiger partial charge in [0.2, 0.25) is 0 Å². The predicted octanol–water partition coefficient (Wildman–Crippen LogP) is 3.40. The maximum atomic E-state index is 12.2. The molecule has 5 rings (SSSR count). The molecule has 7 atom stereocenters. The molecule has 150 valence electrons. The van der Waals surface area contributed by atoms with Crippen LogP contribution >= 0.6 is 0 Å². The summed E-state index contributed by atoms with van der Waals surface area (Å²) in [5.74, 6) is 2.58. The van der Waals surface area contributed by atoms with Crippen LogP contribution in [0.4, 0.5) is 0 Å². The normalized spacial score (nSPS) is 48.0. The van der Waals surface area contributed by atoms with Crippen LogP contribution in [0.3, 0.4) is 0 Å². The van der Waals surface area contributed by atoms with E-state index in [0.717, 1.165) is 25.3 Å². The third-order valence-corrected chi connectivity index (χ3v) is 9.54. The van der Waals surface area contributed by atoms with Gasteiger partial charge in [-0.2, -0.15) is 0 Å². The van der Waals surface area contributed by atoms with Gasteiger partial charge in [0, 0.05) is 43.0 Å². The third-order valence-electron chi connectivity index (χ3n) is 9.54. The highest BCUT2D eigenvalue weighted by Gasteiger charge is 2.71. The molecule has 0 amide bonds. The Morgan fingerprint density at radius 1 is 1.30 bits per heavy atom. The van der Waals surface area contributed by atoms with Gasteiger partial charge in [0.05, 0.1) is 7.11 Å². The number of carbonyl (C=O) groups is 1. The minimum Gasteiger partial charge on any atom is -0.469 e. The van der Waals surface area contributed by atoms with Gasteiger partial charge in [-0.25, -0.2) is 0 Å². The van der Waals surface area contributed by atoms with Crippen LogP contribution < -0.4 is 0 Å². The number of hydrogen-bond donors (Lipinski definition) is 1. The van der Waals surface area contributed by atoms with Crippen molar-refractivity contribution >= 4 is 5.97 Å². The number of piperidine rings is 1. The average molecular weight is 374 g/mol. The van der Waals surface area contributed by atoms with Gasteiger partial charge in [-0.1, -0.05) is 18.6 Å². The molecule has 0 aromatic rings. The van der Waals surface area contributed by atoms with E-state index in [2.05, 4.69) is 17.9 Å². The number of fused-ring (bicyclic) bond motifs is 1. The van der Waals surface area contributed by atoms with Gasteiger partial charge < -0.3 is 9.84 Å². The second-order valence-electron chi connectivity index (χ2n) is 10.1. The lowest BCUT2D eigenvalue weighted by molar-refractivity contribution is -0.176. The van der Waals surface area contributed by atoms with Crippen molar-refractivity contribution < 1.29 is 14.6 Å². The van der Waals surface area contributed by atoms with E-state index in [-0.39, 0.29) is 23.4 Å². The molecule has 3 aliphatic carbocycles. The van der Waals surface area contributed by atoms with Crippen LogP contribution in [0, 0.1) is 34.5 Å². The number of hydrogen-bond acceptors (Lipinski definition) is 4. The molecule has 0 radical (unpaired) electrons. The molecule has 4 nitrogen and oxygen atoms in total. The summed E-state index contributed by atoms with van der Waals surface area (Å²) in [5, 5.41) is 10.9. The number of methoxy groups -OCH3 is 1. The molecule has 4 bridgehead atoms. The summed E-state index contributed by atoms with van der Waals surface area (Å²) in [6.07, 6.45) is 11.2. The SMILES string of the molecule is COC(=O)CC[C@@]12C3=CCC[C@@H]3CC[C@@H]3CN4C[C@@H](C)[C@@H](CC[C@@]31CO)[C@H]42. The van der Waals surface area contributed by atoms with Crippen molar-refractivity contribution in [1.29, 1.82) is 0 Å². The lowest BCUT2D eigenvalue weighted by Gasteiger charge is -2.67. The first-order chi connectivity index (χ1) is 13.1. The van der Waals surface area contributed by atoms with E-state index in [1.165, 1.54) is 45.8 Å². The van der Waals surface area contributed by atoms with Gasteiger partial charge in [0.1, 0.15) is 0 Å². The minimum atomic E-state index is -0.0903. The predicted molar refractivity (Wildman–Crippen MR) is 104 cm³/mol. The zero-order valence-corrected chi connectivity index (χ0v) is 17.0. The molecule has 2 saturated heterocycles. The van der Waals surface area contributed by atoms with E-state index < -0.39 is 0 Å². The Balaban J connectivity index is 1.70. The molecular formula is C23H35NO3. The molecule has 0 aromatic heterocycles. The first-order valence-electron chi connectivity index (χ1n) is 11.2. The molecule has 27 heavy (non-hydrogen) atoms. The third kappa shape index (κ3) is 2.20. The van der Waals surface area contributed by atoms with Crippen LogP contribution in [-0.2, 0) is 9.53 Å². The first kappa shape index (κ1) is 18.2. The number of rotatable bonds is 4. The van der Waals surface area contributed by atoms with E-state index in [4.69, 9.17) is 4.74 Å². The Morgan fingerprint density at radius 3 is 2.93 bits per heavy atom. The summed E-state index contributed by atoms with van der Waals surface area (Å²) in [4.78, 5) is 15.0. The first-order valence-corrected chi connectivity index (χ1v) is 11.2. The second kappa shape index (κ2) is 6.32. The number of allylic oxidation sites excluding steroid dienone is 1. The Hall–Kier alpha value is -0.870. The molecular weight excluding hydrogens is 338 g/mol. The topological polar surface area (TPSA) is 49.8 Å². The van der Waals surface area contributed by atoms with E-state index in [0.29, 0.717) is 30.2 Å². The van der Waals surface area contributed by atoms with Gasteiger partial charge in [0.25, 0.3) is 0 Å². The summed E-state index contributed by atoms with van der Waals surface area (Å²) in [6, 6.07) is 0.513. The van der Waals surface area contributed by atoms with Gasteiger partial charge in [0.15, 0.2) is 0 Å². The number of carbonyl (C=O) groups excluding carboxylic acids is 1. The summed E-state index contributed by atoms with van der Waals surface area (Å²) in [7, 11) is 1.51. The Labute approximate surface area is 163 Å². The average Bonchev–Trinajstić information content (AvgIpc) is 3.26. The lowest BCUT2D eigenvalue weighted by Crippen LogP contribution is -2.69. The number of aliphatic hydroxyl groups excluding tert-OH is 1. The van der Waals surface area contributed by atoms with Crippen LogP contribution in [0.25, 0.3) is 0 Å². The molecule has 4 fully saturated rings. The number of esters is 1. The molecule has 0 aromatic carbocycles. The molecule has 2 aliphatic heterocycles. The summed E-state index contributed by atoms with van der Waals surface area (Å²) in [6.45, 7) is 5.08. The van der Waals surface area contributed by atoms with E-state index in [1.54, 1.807) is 5.57 Å². The Kier molecular flexibility index (Phi) is 4.25. The van der Waals surface area contributed by atoms with Crippen molar-refractivity contribution in [2.75, 3.05) is 26.8 Å². The largest absolute Gasteiger partial charge is 0.469 e. The van der Waals surface area contributed by atoms with Gasteiger partial charge in [-0.15, -0.1) is 0 Å². The molecule has 1 N–H and O–H groups in total. The highest BCUT2D eigenvalue weighted by molar-refractivity contribution is 5.69. The van der Waals surface area contributed by atoms with Gasteiger partial charge in [-0.05, 0) is 68.6 Å². The fourth-order valence-corrected chi connectivity index (χ4v) is 8.60. The van der Waals surface area contributed by atoms with Crippen LogP contribution in [0.15, 0.2) is 11.6 Å². The molecule has 0 spiro atoms. The zero-order chi connectivity index (χ0) is 18.8. The molecule has 5 aliphatic rings. The van der Waals surface area contributed by atoms with Crippen molar-refractivity contribution in [2.24, 2.45) is 34.5 Å². The number of aliphatic hydroxyl groups is 1. The van der Waals surface area contributed by atoms with Crippen molar-refractivity contribution in [2.45, 2.75) is 64.3 Å². The summed E-state index contributed by atoms with van der Waals surface area (Å²) in [5.41, 5.74) is 1.58. The van der Waals surface area contributed by atoms with Crippen molar-refractivity contribution in [3.8, 4) is 0 Å². The van der Waals surface area contributed by atoms with Crippen LogP contribution in [0.5, 0.6) is 0 Å².